The van der Waals surface area contributed by atoms with Gasteiger partial charge in [0.05, 0.1) is 18.8 Å². The highest BCUT2D eigenvalue weighted by atomic mass is 32.1. The molecule has 2 N–H and O–H groups in total. The standard InChI is InChI=1S/C25H32N4O2S/c1-18(2)22-23(30)29(17-19-7-5-4-6-8-19)25(27-22)13-15-28(16-14-25)24(32)26-20-9-11-21(31-3)12-10-20/h4-12,18,22,27H,13-17H2,1-3H3,(H,26,32)/t22-/m0/s1. The summed E-state index contributed by atoms with van der Waals surface area (Å²) in [5, 5.41) is 7.76. The number of thiocarbonyl (C=S) groups is 1. The van der Waals surface area contributed by atoms with Crippen molar-refractivity contribution in [2.45, 2.75) is 44.9 Å². The summed E-state index contributed by atoms with van der Waals surface area (Å²) in [6, 6.07) is 17.9. The van der Waals surface area contributed by atoms with E-state index in [1.54, 1.807) is 7.11 Å². The van der Waals surface area contributed by atoms with Crippen LogP contribution in [0.5, 0.6) is 5.75 Å². The average Bonchev–Trinajstić information content (AvgIpc) is 3.07. The molecule has 1 spiro atoms. The molecule has 2 aliphatic rings. The Morgan fingerprint density at radius 3 is 2.41 bits per heavy atom. The number of carbonyl (C=O) groups is 1. The first-order valence-electron chi connectivity index (χ1n) is 11.2. The third kappa shape index (κ3) is 4.59. The van der Waals surface area contributed by atoms with Crippen LogP contribution in [-0.4, -0.2) is 52.7 Å². The van der Waals surface area contributed by atoms with E-state index in [1.807, 2.05) is 42.5 Å². The summed E-state index contributed by atoms with van der Waals surface area (Å²) in [5.41, 5.74) is 1.77. The molecule has 7 heteroatoms. The van der Waals surface area contributed by atoms with Gasteiger partial charge in [0, 0.05) is 38.2 Å². The zero-order valence-electron chi connectivity index (χ0n) is 19.0. The Kier molecular flexibility index (Phi) is 6.67. The Morgan fingerprint density at radius 1 is 1.16 bits per heavy atom. The minimum absolute atomic E-state index is 0.144. The molecule has 2 saturated heterocycles. The normalized spacial score (nSPS) is 20.1. The summed E-state index contributed by atoms with van der Waals surface area (Å²) in [6.45, 7) is 6.43. The maximum Gasteiger partial charge on any atom is 0.241 e. The molecule has 0 aromatic heterocycles. The maximum atomic E-state index is 13.3. The second-order valence-corrected chi connectivity index (χ2v) is 9.34. The van der Waals surface area contributed by atoms with Crippen molar-refractivity contribution in [1.82, 2.24) is 15.1 Å². The van der Waals surface area contributed by atoms with E-state index in [0.717, 1.165) is 42.9 Å². The highest BCUT2D eigenvalue weighted by Crippen LogP contribution is 2.35. The van der Waals surface area contributed by atoms with Gasteiger partial charge in [-0.05, 0) is 48.0 Å². The molecule has 2 fully saturated rings. The number of likely N-dealkylation sites (tertiary alicyclic amines) is 1. The van der Waals surface area contributed by atoms with E-state index in [0.29, 0.717) is 11.7 Å². The SMILES string of the molecule is COc1ccc(NC(=S)N2CCC3(CC2)N[C@@H](C(C)C)C(=O)N3Cc2ccccc2)cc1. The highest BCUT2D eigenvalue weighted by molar-refractivity contribution is 7.80. The van der Waals surface area contributed by atoms with Gasteiger partial charge in [-0.2, -0.15) is 0 Å². The molecule has 4 rings (SSSR count). The molecule has 32 heavy (non-hydrogen) atoms. The van der Waals surface area contributed by atoms with Crippen LogP contribution in [-0.2, 0) is 11.3 Å². The summed E-state index contributed by atoms with van der Waals surface area (Å²) < 4.78 is 5.22. The molecule has 0 saturated carbocycles. The van der Waals surface area contributed by atoms with E-state index in [1.165, 1.54) is 0 Å². The van der Waals surface area contributed by atoms with Crippen LogP contribution < -0.4 is 15.4 Å². The Labute approximate surface area is 195 Å². The second kappa shape index (κ2) is 9.46. The number of hydrogen-bond donors (Lipinski definition) is 2. The van der Waals surface area contributed by atoms with Crippen LogP contribution in [0.4, 0.5) is 5.69 Å². The lowest BCUT2D eigenvalue weighted by molar-refractivity contribution is -0.134. The summed E-state index contributed by atoms with van der Waals surface area (Å²) in [5.74, 6) is 1.27. The van der Waals surface area contributed by atoms with Crippen molar-refractivity contribution in [2.75, 3.05) is 25.5 Å². The van der Waals surface area contributed by atoms with Crippen molar-refractivity contribution in [3.8, 4) is 5.75 Å². The Morgan fingerprint density at radius 2 is 1.81 bits per heavy atom. The quantitative estimate of drug-likeness (QED) is 0.673. The van der Waals surface area contributed by atoms with Gasteiger partial charge in [0.1, 0.15) is 5.75 Å². The van der Waals surface area contributed by atoms with E-state index >= 15 is 0 Å². The molecule has 2 aliphatic heterocycles. The molecule has 1 atom stereocenters. The Hall–Kier alpha value is -2.64. The lowest BCUT2D eigenvalue weighted by Crippen LogP contribution is -2.59. The molecule has 1 amide bonds. The number of amides is 1. The fraction of sp³-hybridized carbons (Fsp3) is 0.440. The molecule has 0 unspecified atom stereocenters. The predicted octanol–water partition coefficient (Wildman–Crippen LogP) is 3.84. The molecule has 0 radical (unpaired) electrons. The number of methoxy groups -OCH3 is 1. The van der Waals surface area contributed by atoms with E-state index in [2.05, 4.69) is 46.4 Å². The van der Waals surface area contributed by atoms with E-state index in [-0.39, 0.29) is 23.5 Å². The number of carbonyl (C=O) groups excluding carboxylic acids is 1. The molecule has 2 heterocycles. The summed E-state index contributed by atoms with van der Waals surface area (Å²) >= 11 is 5.69. The number of benzene rings is 2. The van der Waals surface area contributed by atoms with Crippen molar-refractivity contribution < 1.29 is 9.53 Å². The highest BCUT2D eigenvalue weighted by Gasteiger charge is 2.52. The van der Waals surface area contributed by atoms with Gasteiger partial charge in [0.25, 0.3) is 0 Å². The molecule has 170 valence electrons. The number of piperidine rings is 1. The predicted molar refractivity (Wildman–Crippen MR) is 132 cm³/mol. The zero-order chi connectivity index (χ0) is 22.7. The third-order valence-electron chi connectivity index (χ3n) is 6.54. The smallest absolute Gasteiger partial charge is 0.241 e. The Bertz CT molecular complexity index is 940. The minimum atomic E-state index is -0.325. The second-order valence-electron chi connectivity index (χ2n) is 8.95. The number of hydrogen-bond acceptors (Lipinski definition) is 4. The maximum absolute atomic E-state index is 13.3. The molecular weight excluding hydrogens is 420 g/mol. The minimum Gasteiger partial charge on any atom is -0.497 e. The van der Waals surface area contributed by atoms with Crippen molar-refractivity contribution >= 4 is 28.9 Å². The van der Waals surface area contributed by atoms with Crippen molar-refractivity contribution in [3.05, 3.63) is 60.2 Å². The first-order valence-corrected chi connectivity index (χ1v) is 11.7. The number of nitrogens with zero attached hydrogens (tertiary/aromatic N) is 2. The molecule has 6 nitrogen and oxygen atoms in total. The first kappa shape index (κ1) is 22.6. The Balaban J connectivity index is 1.45. The molecular formula is C25H32N4O2S. The van der Waals surface area contributed by atoms with Gasteiger partial charge in [0.2, 0.25) is 5.91 Å². The fourth-order valence-corrected chi connectivity index (χ4v) is 4.93. The van der Waals surface area contributed by atoms with Gasteiger partial charge >= 0.3 is 0 Å². The van der Waals surface area contributed by atoms with Crippen LogP contribution in [0.25, 0.3) is 0 Å². The van der Waals surface area contributed by atoms with Gasteiger partial charge in [0.15, 0.2) is 5.11 Å². The van der Waals surface area contributed by atoms with E-state index < -0.39 is 0 Å². The van der Waals surface area contributed by atoms with Crippen LogP contribution >= 0.6 is 12.2 Å². The van der Waals surface area contributed by atoms with Crippen LogP contribution in [0.2, 0.25) is 0 Å². The molecule has 2 aromatic rings. The van der Waals surface area contributed by atoms with E-state index in [4.69, 9.17) is 17.0 Å². The van der Waals surface area contributed by atoms with Crippen molar-refractivity contribution in [3.63, 3.8) is 0 Å². The van der Waals surface area contributed by atoms with Gasteiger partial charge in [-0.25, -0.2) is 0 Å². The summed E-state index contributed by atoms with van der Waals surface area (Å²) in [4.78, 5) is 17.6. The van der Waals surface area contributed by atoms with Gasteiger partial charge in [-0.3, -0.25) is 10.1 Å². The van der Waals surface area contributed by atoms with Crippen LogP contribution in [0.1, 0.15) is 32.3 Å². The third-order valence-corrected chi connectivity index (χ3v) is 6.90. The largest absolute Gasteiger partial charge is 0.497 e. The summed E-state index contributed by atoms with van der Waals surface area (Å²) in [7, 11) is 1.66. The molecule has 0 bridgehead atoms. The van der Waals surface area contributed by atoms with E-state index in [9.17, 15) is 4.79 Å². The molecule has 2 aromatic carbocycles. The molecule has 0 aliphatic carbocycles. The number of ether oxygens (including phenoxy) is 1. The van der Waals surface area contributed by atoms with Gasteiger partial charge < -0.3 is 19.9 Å². The number of nitrogens with one attached hydrogen (secondary N) is 2. The van der Waals surface area contributed by atoms with Crippen LogP contribution in [0, 0.1) is 5.92 Å². The lowest BCUT2D eigenvalue weighted by atomic mass is 9.95. The average molecular weight is 453 g/mol. The van der Waals surface area contributed by atoms with Crippen molar-refractivity contribution in [2.24, 2.45) is 5.92 Å². The van der Waals surface area contributed by atoms with Crippen molar-refractivity contribution in [1.29, 1.82) is 0 Å². The number of rotatable bonds is 5. The monoisotopic (exact) mass is 452 g/mol. The van der Waals surface area contributed by atoms with Crippen LogP contribution in [0.15, 0.2) is 54.6 Å². The van der Waals surface area contributed by atoms with Crippen LogP contribution in [0.3, 0.4) is 0 Å². The topological polar surface area (TPSA) is 56.8 Å². The first-order chi connectivity index (χ1) is 15.4. The lowest BCUT2D eigenvalue weighted by Gasteiger charge is -2.45. The van der Waals surface area contributed by atoms with Gasteiger partial charge in [-0.15, -0.1) is 0 Å². The summed E-state index contributed by atoms with van der Waals surface area (Å²) in [6.07, 6.45) is 1.67. The zero-order valence-corrected chi connectivity index (χ0v) is 19.8. The fourth-order valence-electron chi connectivity index (χ4n) is 4.63. The van der Waals surface area contributed by atoms with Gasteiger partial charge in [-0.1, -0.05) is 44.2 Å². The number of anilines is 1.